The van der Waals surface area contributed by atoms with Crippen molar-refractivity contribution in [1.29, 1.82) is 0 Å². The van der Waals surface area contributed by atoms with E-state index < -0.39 is 0 Å². The normalized spacial score (nSPS) is 24.5. The number of thioether (sulfide) groups is 1. The van der Waals surface area contributed by atoms with Gasteiger partial charge in [0.2, 0.25) is 5.95 Å². The third-order valence-electron chi connectivity index (χ3n) is 5.55. The van der Waals surface area contributed by atoms with E-state index >= 15 is 0 Å². The fourth-order valence-corrected chi connectivity index (χ4v) is 4.99. The van der Waals surface area contributed by atoms with Crippen LogP contribution in [0.5, 0.6) is 0 Å². The van der Waals surface area contributed by atoms with Crippen molar-refractivity contribution >= 4 is 34.3 Å². The van der Waals surface area contributed by atoms with Crippen molar-refractivity contribution in [3.05, 3.63) is 36.9 Å². The first kappa shape index (κ1) is 17.7. The topological polar surface area (TPSA) is 74.5 Å². The molecule has 2 saturated heterocycles. The summed E-state index contributed by atoms with van der Waals surface area (Å²) >= 11 is 1.86. The molecule has 0 aliphatic carbocycles. The first-order valence-corrected chi connectivity index (χ1v) is 10.7. The summed E-state index contributed by atoms with van der Waals surface area (Å²) < 4.78 is 1.76. The molecule has 3 aliphatic rings. The standard InChI is InChI=1S/C19H24N8S/c1-25-10-14(9-22-25)23-19-21-7-5-17(24-19)26-11-15-3-4-16(12-26)27(15)13-18-20-6-2-8-28-18/h2,5-7,9-10,15-16H,3-4,8,11-13H2,1H3,(H,21,23,24)/t15-,16+. The lowest BCUT2D eigenvalue weighted by Crippen LogP contribution is -2.55. The maximum atomic E-state index is 4.75. The molecule has 3 aliphatic heterocycles. The summed E-state index contributed by atoms with van der Waals surface area (Å²) in [6.45, 7) is 3.00. The molecule has 0 radical (unpaired) electrons. The van der Waals surface area contributed by atoms with E-state index in [9.17, 15) is 0 Å². The molecule has 2 bridgehead atoms. The van der Waals surface area contributed by atoms with Crippen molar-refractivity contribution in [2.45, 2.75) is 24.9 Å². The van der Waals surface area contributed by atoms with E-state index in [4.69, 9.17) is 4.98 Å². The number of aryl methyl sites for hydroxylation is 1. The second-order valence-electron chi connectivity index (χ2n) is 7.45. The van der Waals surface area contributed by atoms with Crippen LogP contribution in [0.15, 0.2) is 41.9 Å². The molecular weight excluding hydrogens is 372 g/mol. The Morgan fingerprint density at radius 1 is 1.25 bits per heavy atom. The van der Waals surface area contributed by atoms with Gasteiger partial charge in [0.25, 0.3) is 0 Å². The monoisotopic (exact) mass is 396 g/mol. The van der Waals surface area contributed by atoms with Crippen molar-refractivity contribution in [3.63, 3.8) is 0 Å². The number of aromatic nitrogens is 4. The highest BCUT2D eigenvalue weighted by Crippen LogP contribution is 2.33. The zero-order valence-corrected chi connectivity index (χ0v) is 16.7. The summed E-state index contributed by atoms with van der Waals surface area (Å²) in [5, 5.41) is 8.66. The average Bonchev–Trinajstić information content (AvgIpc) is 3.21. The van der Waals surface area contributed by atoms with Crippen LogP contribution in [0.2, 0.25) is 0 Å². The molecule has 2 aromatic heterocycles. The molecule has 5 heterocycles. The van der Waals surface area contributed by atoms with Crippen LogP contribution in [-0.2, 0) is 7.05 Å². The molecule has 0 aromatic carbocycles. The number of nitrogens with zero attached hydrogens (tertiary/aromatic N) is 7. The van der Waals surface area contributed by atoms with Crippen molar-refractivity contribution in [1.82, 2.24) is 24.6 Å². The lowest BCUT2D eigenvalue weighted by Gasteiger charge is -2.41. The van der Waals surface area contributed by atoms with Crippen molar-refractivity contribution in [2.75, 3.05) is 35.6 Å². The van der Waals surface area contributed by atoms with E-state index in [2.05, 4.69) is 36.3 Å². The van der Waals surface area contributed by atoms with Crippen LogP contribution in [0.4, 0.5) is 17.5 Å². The van der Waals surface area contributed by atoms with E-state index in [0.29, 0.717) is 18.0 Å². The second-order valence-corrected chi connectivity index (χ2v) is 8.54. The Bertz CT molecular complexity index is 893. The molecule has 1 N–H and O–H groups in total. The Balaban J connectivity index is 1.28. The summed E-state index contributed by atoms with van der Waals surface area (Å²) in [5.41, 5.74) is 0.893. The lowest BCUT2D eigenvalue weighted by molar-refractivity contribution is 0.195. The van der Waals surface area contributed by atoms with Crippen LogP contribution in [0.3, 0.4) is 0 Å². The summed E-state index contributed by atoms with van der Waals surface area (Å²) in [6, 6.07) is 3.14. The SMILES string of the molecule is Cn1cc(Nc2nccc(N3C[C@H]4CC[C@@H](C3)N4CC3=NC=CCS3)n2)cn1. The first-order chi connectivity index (χ1) is 13.7. The number of rotatable bonds is 5. The third-order valence-corrected chi connectivity index (χ3v) is 6.47. The highest BCUT2D eigenvalue weighted by molar-refractivity contribution is 8.14. The fraction of sp³-hybridized carbons (Fsp3) is 0.474. The van der Waals surface area contributed by atoms with E-state index in [0.717, 1.165) is 36.9 Å². The van der Waals surface area contributed by atoms with Crippen LogP contribution in [0.25, 0.3) is 0 Å². The van der Waals surface area contributed by atoms with Gasteiger partial charge >= 0.3 is 0 Å². The zero-order valence-electron chi connectivity index (χ0n) is 15.9. The van der Waals surface area contributed by atoms with Crippen LogP contribution in [-0.4, -0.2) is 67.2 Å². The van der Waals surface area contributed by atoms with E-state index in [1.54, 1.807) is 10.9 Å². The van der Waals surface area contributed by atoms with Gasteiger partial charge in [-0.1, -0.05) is 6.08 Å². The van der Waals surface area contributed by atoms with Crippen LogP contribution in [0.1, 0.15) is 12.8 Å². The van der Waals surface area contributed by atoms with Crippen LogP contribution in [0, 0.1) is 0 Å². The van der Waals surface area contributed by atoms with E-state index in [1.807, 2.05) is 43.5 Å². The number of hydrogen-bond donors (Lipinski definition) is 1. The number of nitrogens with one attached hydrogen (secondary N) is 1. The Kier molecular flexibility index (Phi) is 4.77. The van der Waals surface area contributed by atoms with Gasteiger partial charge < -0.3 is 10.2 Å². The van der Waals surface area contributed by atoms with Crippen molar-refractivity contribution in [3.8, 4) is 0 Å². The number of aliphatic imine (C=N–C) groups is 1. The highest BCUT2D eigenvalue weighted by atomic mass is 32.2. The van der Waals surface area contributed by atoms with Gasteiger partial charge in [-0.25, -0.2) is 4.98 Å². The Morgan fingerprint density at radius 3 is 2.82 bits per heavy atom. The van der Waals surface area contributed by atoms with Gasteiger partial charge in [-0.2, -0.15) is 10.1 Å². The predicted molar refractivity (Wildman–Crippen MR) is 113 cm³/mol. The largest absolute Gasteiger partial charge is 0.353 e. The molecule has 9 heteroatoms. The number of hydrogen-bond acceptors (Lipinski definition) is 8. The molecule has 2 atom stereocenters. The van der Waals surface area contributed by atoms with Crippen LogP contribution < -0.4 is 10.2 Å². The average molecular weight is 397 g/mol. The van der Waals surface area contributed by atoms with Gasteiger partial charge in [0.05, 0.1) is 16.9 Å². The molecular formula is C19H24N8S. The number of fused-ring (bicyclic) bond motifs is 2. The van der Waals surface area contributed by atoms with E-state index in [1.165, 1.54) is 17.9 Å². The van der Waals surface area contributed by atoms with Gasteiger partial charge in [0.15, 0.2) is 0 Å². The Morgan fingerprint density at radius 2 is 2.11 bits per heavy atom. The number of anilines is 3. The summed E-state index contributed by atoms with van der Waals surface area (Å²) in [7, 11) is 1.89. The third kappa shape index (κ3) is 3.64. The van der Waals surface area contributed by atoms with Crippen LogP contribution >= 0.6 is 11.8 Å². The van der Waals surface area contributed by atoms with Gasteiger partial charge in [-0.05, 0) is 18.9 Å². The fourth-order valence-electron chi connectivity index (χ4n) is 4.24. The number of piperazine rings is 1. The molecule has 8 nitrogen and oxygen atoms in total. The van der Waals surface area contributed by atoms with Crippen molar-refractivity contribution < 1.29 is 0 Å². The predicted octanol–water partition coefficient (Wildman–Crippen LogP) is 2.27. The van der Waals surface area contributed by atoms with Gasteiger partial charge in [-0.15, -0.1) is 11.8 Å². The molecule has 0 amide bonds. The van der Waals surface area contributed by atoms with Gasteiger partial charge in [-0.3, -0.25) is 14.6 Å². The maximum Gasteiger partial charge on any atom is 0.229 e. The minimum atomic E-state index is 0.567. The van der Waals surface area contributed by atoms with Gasteiger partial charge in [0, 0.05) is 63.1 Å². The van der Waals surface area contributed by atoms with Gasteiger partial charge in [0.1, 0.15) is 5.82 Å². The molecule has 2 aromatic rings. The minimum absolute atomic E-state index is 0.567. The molecule has 0 saturated carbocycles. The summed E-state index contributed by atoms with van der Waals surface area (Å²) in [6.07, 6.45) is 12.1. The Labute approximate surface area is 168 Å². The molecule has 0 unspecified atom stereocenters. The summed E-state index contributed by atoms with van der Waals surface area (Å²) in [4.78, 5) is 18.7. The molecule has 146 valence electrons. The van der Waals surface area contributed by atoms with E-state index in [-0.39, 0.29) is 0 Å². The quantitative estimate of drug-likeness (QED) is 0.831. The molecule has 0 spiro atoms. The lowest BCUT2D eigenvalue weighted by atomic mass is 10.2. The smallest absolute Gasteiger partial charge is 0.229 e. The first-order valence-electron chi connectivity index (χ1n) is 9.68. The zero-order chi connectivity index (χ0) is 18.9. The minimum Gasteiger partial charge on any atom is -0.353 e. The maximum absolute atomic E-state index is 4.75. The van der Waals surface area contributed by atoms with Crippen molar-refractivity contribution in [2.24, 2.45) is 12.0 Å². The molecule has 28 heavy (non-hydrogen) atoms. The second kappa shape index (κ2) is 7.56. The molecule has 2 fully saturated rings. The summed E-state index contributed by atoms with van der Waals surface area (Å²) in [5.74, 6) is 2.65. The Hall–Kier alpha value is -2.39. The molecule has 5 rings (SSSR count). The highest BCUT2D eigenvalue weighted by Gasteiger charge is 2.40.